The molecule has 1 aromatic carbocycles. The molecule has 0 radical (unpaired) electrons. The van der Waals surface area contributed by atoms with Crippen LogP contribution in [0.15, 0.2) is 46.9 Å². The maximum atomic E-state index is 12.7. The molecule has 0 spiro atoms. The number of amides is 1. The third-order valence-electron chi connectivity index (χ3n) is 4.59. The number of nitrogens with one attached hydrogen (secondary N) is 1. The molecule has 0 fully saturated rings. The van der Waals surface area contributed by atoms with Crippen molar-refractivity contribution in [2.45, 2.75) is 13.5 Å². The van der Waals surface area contributed by atoms with Crippen LogP contribution in [0.1, 0.15) is 21.7 Å². The average Bonchev–Trinajstić information content (AvgIpc) is 3.38. The van der Waals surface area contributed by atoms with Crippen LogP contribution < -0.4 is 20.5 Å². The van der Waals surface area contributed by atoms with Crippen LogP contribution in [0.3, 0.4) is 0 Å². The second-order valence-corrected chi connectivity index (χ2v) is 6.66. The standard InChI is InChI=1S/C21H21N5O4/c1-12-4-6-16(30-12)20-24-19-10-14(9-18(22)26(19)25-20)21(27)23-11-13-5-7-15(28-2)17(8-13)29-3/h4-10H,11,22H2,1-3H3,(H,23,27). The number of carbonyl (C=O) groups excluding carboxylic acids is 1. The number of furan rings is 1. The summed E-state index contributed by atoms with van der Waals surface area (Å²) in [5.41, 5.74) is 7.79. The molecule has 0 aliphatic carbocycles. The molecule has 9 nitrogen and oxygen atoms in total. The van der Waals surface area contributed by atoms with Gasteiger partial charge in [-0.1, -0.05) is 6.07 Å². The fraction of sp³-hybridized carbons (Fsp3) is 0.190. The van der Waals surface area contributed by atoms with E-state index in [0.29, 0.717) is 46.7 Å². The Bertz CT molecular complexity index is 1230. The van der Waals surface area contributed by atoms with E-state index in [1.165, 1.54) is 4.52 Å². The molecular weight excluding hydrogens is 386 g/mol. The SMILES string of the molecule is COc1ccc(CNC(=O)c2cc(N)n3nc(-c4ccc(C)o4)nc3c2)cc1OC. The molecule has 0 aliphatic heterocycles. The van der Waals surface area contributed by atoms with Gasteiger partial charge in [-0.05, 0) is 48.9 Å². The summed E-state index contributed by atoms with van der Waals surface area (Å²) < 4.78 is 17.6. The van der Waals surface area contributed by atoms with E-state index in [2.05, 4.69) is 15.4 Å². The Morgan fingerprint density at radius 1 is 1.13 bits per heavy atom. The molecule has 3 N–H and O–H groups in total. The number of methoxy groups -OCH3 is 2. The molecule has 0 saturated heterocycles. The highest BCUT2D eigenvalue weighted by molar-refractivity contribution is 5.95. The molecule has 1 amide bonds. The zero-order valence-corrected chi connectivity index (χ0v) is 16.8. The molecule has 0 unspecified atom stereocenters. The predicted octanol–water partition coefficient (Wildman–Crippen LogP) is 2.83. The molecule has 4 rings (SSSR count). The Balaban J connectivity index is 1.54. The van der Waals surface area contributed by atoms with Gasteiger partial charge in [-0.15, -0.1) is 5.10 Å². The number of ether oxygens (including phenoxy) is 2. The molecule has 154 valence electrons. The van der Waals surface area contributed by atoms with Crippen molar-refractivity contribution in [2.75, 3.05) is 20.0 Å². The van der Waals surface area contributed by atoms with Crippen LogP contribution in [-0.2, 0) is 6.54 Å². The molecule has 0 atom stereocenters. The summed E-state index contributed by atoms with van der Waals surface area (Å²) in [4.78, 5) is 17.1. The Labute approximate surface area is 172 Å². The van der Waals surface area contributed by atoms with Crippen molar-refractivity contribution >= 4 is 17.4 Å². The van der Waals surface area contributed by atoms with Gasteiger partial charge in [-0.3, -0.25) is 4.79 Å². The van der Waals surface area contributed by atoms with E-state index in [1.807, 2.05) is 25.1 Å². The molecule has 0 saturated carbocycles. The second-order valence-electron chi connectivity index (χ2n) is 6.66. The summed E-state index contributed by atoms with van der Waals surface area (Å²) in [5, 5.41) is 7.23. The Morgan fingerprint density at radius 2 is 1.93 bits per heavy atom. The van der Waals surface area contributed by atoms with Crippen molar-refractivity contribution in [1.29, 1.82) is 0 Å². The van der Waals surface area contributed by atoms with Gasteiger partial charge in [0.05, 0.1) is 14.2 Å². The smallest absolute Gasteiger partial charge is 0.251 e. The number of nitrogen functional groups attached to an aromatic ring is 1. The highest BCUT2D eigenvalue weighted by atomic mass is 16.5. The predicted molar refractivity (Wildman–Crippen MR) is 111 cm³/mol. The minimum Gasteiger partial charge on any atom is -0.493 e. The highest BCUT2D eigenvalue weighted by Crippen LogP contribution is 2.27. The Morgan fingerprint density at radius 3 is 2.63 bits per heavy atom. The van der Waals surface area contributed by atoms with Gasteiger partial charge in [0.15, 0.2) is 22.9 Å². The summed E-state index contributed by atoms with van der Waals surface area (Å²) in [7, 11) is 3.14. The maximum absolute atomic E-state index is 12.7. The number of aryl methyl sites for hydroxylation is 1. The first-order valence-corrected chi connectivity index (χ1v) is 9.20. The largest absolute Gasteiger partial charge is 0.493 e. The van der Waals surface area contributed by atoms with Gasteiger partial charge in [-0.2, -0.15) is 4.52 Å². The zero-order chi connectivity index (χ0) is 21.3. The van der Waals surface area contributed by atoms with Crippen molar-refractivity contribution in [3.63, 3.8) is 0 Å². The summed E-state index contributed by atoms with van der Waals surface area (Å²) in [6.07, 6.45) is 0. The summed E-state index contributed by atoms with van der Waals surface area (Å²) >= 11 is 0. The number of benzene rings is 1. The lowest BCUT2D eigenvalue weighted by molar-refractivity contribution is 0.0951. The van der Waals surface area contributed by atoms with Crippen molar-refractivity contribution in [3.8, 4) is 23.1 Å². The highest BCUT2D eigenvalue weighted by Gasteiger charge is 2.15. The monoisotopic (exact) mass is 407 g/mol. The van der Waals surface area contributed by atoms with Gasteiger partial charge in [-0.25, -0.2) is 4.98 Å². The van der Waals surface area contributed by atoms with Crippen molar-refractivity contribution in [3.05, 3.63) is 59.4 Å². The normalized spacial score (nSPS) is 10.9. The minimum atomic E-state index is -0.280. The number of anilines is 1. The van der Waals surface area contributed by atoms with E-state index in [4.69, 9.17) is 19.6 Å². The number of nitrogens with two attached hydrogens (primary N) is 1. The summed E-state index contributed by atoms with van der Waals surface area (Å²) in [6, 6.07) is 12.3. The number of hydrogen-bond donors (Lipinski definition) is 2. The van der Waals surface area contributed by atoms with Crippen molar-refractivity contribution < 1.29 is 18.7 Å². The lowest BCUT2D eigenvalue weighted by atomic mass is 10.2. The van der Waals surface area contributed by atoms with Crippen LogP contribution in [0.25, 0.3) is 17.2 Å². The van der Waals surface area contributed by atoms with Crippen LogP contribution in [0.5, 0.6) is 11.5 Å². The van der Waals surface area contributed by atoms with Crippen LogP contribution in [0, 0.1) is 6.92 Å². The molecular formula is C21H21N5O4. The molecule has 9 heteroatoms. The van der Waals surface area contributed by atoms with Gasteiger partial charge in [0, 0.05) is 12.1 Å². The number of aromatic nitrogens is 3. The number of nitrogens with zero attached hydrogens (tertiary/aromatic N) is 3. The topological polar surface area (TPSA) is 117 Å². The third kappa shape index (κ3) is 3.64. The van der Waals surface area contributed by atoms with Crippen LogP contribution in [0.4, 0.5) is 5.82 Å². The number of rotatable bonds is 6. The summed E-state index contributed by atoms with van der Waals surface area (Å²) in [6.45, 7) is 2.16. The molecule has 0 bridgehead atoms. The van der Waals surface area contributed by atoms with Crippen molar-refractivity contribution in [2.24, 2.45) is 0 Å². The lowest BCUT2D eigenvalue weighted by Gasteiger charge is -2.10. The molecule has 4 aromatic rings. The van der Waals surface area contributed by atoms with Gasteiger partial charge in [0.1, 0.15) is 11.6 Å². The Hall–Kier alpha value is -4.01. The number of hydrogen-bond acceptors (Lipinski definition) is 7. The first-order valence-electron chi connectivity index (χ1n) is 9.20. The second kappa shape index (κ2) is 7.78. The number of carbonyl (C=O) groups is 1. The Kier molecular flexibility index (Phi) is 5.01. The van der Waals surface area contributed by atoms with E-state index in [9.17, 15) is 4.79 Å². The van der Waals surface area contributed by atoms with Gasteiger partial charge in [0.2, 0.25) is 5.82 Å². The van der Waals surface area contributed by atoms with Crippen molar-refractivity contribution in [1.82, 2.24) is 19.9 Å². The average molecular weight is 407 g/mol. The van der Waals surface area contributed by atoms with E-state index < -0.39 is 0 Å². The number of fused-ring (bicyclic) bond motifs is 1. The quantitative estimate of drug-likeness (QED) is 0.505. The maximum Gasteiger partial charge on any atom is 0.251 e. The lowest BCUT2D eigenvalue weighted by Crippen LogP contribution is -2.23. The van der Waals surface area contributed by atoms with Crippen LogP contribution >= 0.6 is 0 Å². The third-order valence-corrected chi connectivity index (χ3v) is 4.59. The zero-order valence-electron chi connectivity index (χ0n) is 16.8. The molecule has 30 heavy (non-hydrogen) atoms. The van der Waals surface area contributed by atoms with E-state index in [0.717, 1.165) is 11.3 Å². The molecule has 0 aliphatic rings. The summed E-state index contributed by atoms with van der Waals surface area (Å²) in [5.74, 6) is 2.93. The van der Waals surface area contributed by atoms with E-state index in [-0.39, 0.29) is 5.91 Å². The van der Waals surface area contributed by atoms with Gasteiger partial charge in [0.25, 0.3) is 5.91 Å². The van der Waals surface area contributed by atoms with Crippen LogP contribution in [0.2, 0.25) is 0 Å². The molecule has 3 aromatic heterocycles. The minimum absolute atomic E-state index is 0.280. The van der Waals surface area contributed by atoms with Gasteiger partial charge >= 0.3 is 0 Å². The van der Waals surface area contributed by atoms with Crippen LogP contribution in [-0.4, -0.2) is 34.7 Å². The van der Waals surface area contributed by atoms with E-state index >= 15 is 0 Å². The molecule has 3 heterocycles. The first-order chi connectivity index (χ1) is 14.5. The fourth-order valence-electron chi connectivity index (χ4n) is 3.07. The fourth-order valence-corrected chi connectivity index (χ4v) is 3.07. The number of pyridine rings is 1. The first kappa shape index (κ1) is 19.3. The van der Waals surface area contributed by atoms with E-state index in [1.54, 1.807) is 38.5 Å². The van der Waals surface area contributed by atoms with Gasteiger partial charge < -0.3 is 24.9 Å².